The molecular weight excluding hydrogens is 568 g/mol. The van der Waals surface area contributed by atoms with Gasteiger partial charge in [0.25, 0.3) is 5.91 Å². The Morgan fingerprint density at radius 2 is 1.91 bits per heavy atom. The molecule has 1 aromatic carbocycles. The van der Waals surface area contributed by atoms with Crippen molar-refractivity contribution < 1.29 is 58.2 Å². The number of carboxylic acids is 1. The summed E-state index contributed by atoms with van der Waals surface area (Å²) in [5.41, 5.74) is -0.638. The van der Waals surface area contributed by atoms with E-state index in [0.29, 0.717) is 24.9 Å². The van der Waals surface area contributed by atoms with Crippen molar-refractivity contribution in [1.29, 1.82) is 0 Å². The molecule has 1 fully saturated rings. The fraction of sp³-hybridized carbons (Fsp3) is 0.552. The molecule has 14 heteroatoms. The highest BCUT2D eigenvalue weighted by Crippen LogP contribution is 2.65. The molecule has 2 bridgehead atoms. The fourth-order valence-electron chi connectivity index (χ4n) is 6.83. The third-order valence-corrected chi connectivity index (χ3v) is 8.90. The third kappa shape index (κ3) is 4.87. The van der Waals surface area contributed by atoms with E-state index < -0.39 is 71.6 Å². The molecular formula is C29H34N2O12. The third-order valence-electron chi connectivity index (χ3n) is 8.90. The lowest BCUT2D eigenvalue weighted by Crippen LogP contribution is -2.74. The molecule has 14 nitrogen and oxygen atoms in total. The summed E-state index contributed by atoms with van der Waals surface area (Å²) < 4.78 is 22.0. The average Bonchev–Trinajstić information content (AvgIpc) is 3.29. The van der Waals surface area contributed by atoms with Crippen molar-refractivity contribution in [1.82, 2.24) is 10.2 Å². The number of piperidine rings is 1. The molecule has 7 atom stereocenters. The monoisotopic (exact) mass is 602 g/mol. The second-order valence-corrected chi connectivity index (χ2v) is 11.5. The van der Waals surface area contributed by atoms with Crippen LogP contribution in [0.4, 0.5) is 0 Å². The normalized spacial score (nSPS) is 28.6. The van der Waals surface area contributed by atoms with Crippen LogP contribution in [0.3, 0.4) is 0 Å². The van der Waals surface area contributed by atoms with Gasteiger partial charge in [0.05, 0.1) is 17.4 Å². The predicted molar refractivity (Wildman–Crippen MR) is 144 cm³/mol. The Kier molecular flexibility index (Phi) is 7.63. The molecule has 1 amide bonds. The number of carboxylic acid groups (broad SMARTS) is 1. The Labute approximate surface area is 246 Å². The zero-order chi connectivity index (χ0) is 31.4. The number of hydrogen-bond acceptors (Lipinski definition) is 12. The van der Waals surface area contributed by atoms with E-state index in [1.54, 1.807) is 6.08 Å². The molecule has 1 aromatic rings. The van der Waals surface area contributed by atoms with Gasteiger partial charge in [-0.2, -0.15) is 0 Å². The quantitative estimate of drug-likeness (QED) is 0.219. The number of benzene rings is 1. The Balaban J connectivity index is 1.34. The van der Waals surface area contributed by atoms with Crippen molar-refractivity contribution in [3.05, 3.63) is 35.1 Å². The van der Waals surface area contributed by atoms with E-state index in [9.17, 15) is 34.2 Å². The van der Waals surface area contributed by atoms with Gasteiger partial charge in [-0.25, -0.2) is 4.79 Å². The van der Waals surface area contributed by atoms with Gasteiger partial charge in [-0.15, -0.1) is 0 Å². The van der Waals surface area contributed by atoms with Crippen LogP contribution in [0.1, 0.15) is 51.2 Å². The minimum absolute atomic E-state index is 0.0896. The van der Waals surface area contributed by atoms with Crippen LogP contribution >= 0.6 is 0 Å². The van der Waals surface area contributed by atoms with Crippen LogP contribution in [-0.2, 0) is 50.0 Å². The van der Waals surface area contributed by atoms with Crippen LogP contribution in [0.25, 0.3) is 0 Å². The number of aromatic hydroxyl groups is 1. The first-order chi connectivity index (χ1) is 20.2. The Morgan fingerprint density at radius 3 is 2.58 bits per heavy atom. The lowest BCUT2D eigenvalue weighted by atomic mass is 9.50. The number of phenols is 1. The Morgan fingerprint density at radius 1 is 1.19 bits per heavy atom. The highest BCUT2D eigenvalue weighted by atomic mass is 16.6. The highest BCUT2D eigenvalue weighted by molar-refractivity contribution is 5.89. The number of likely N-dealkylation sites (N-methyl/N-ethyl adjacent to an activating group) is 1. The van der Waals surface area contributed by atoms with E-state index in [-0.39, 0.29) is 29.7 Å². The van der Waals surface area contributed by atoms with Crippen molar-refractivity contribution in [2.24, 2.45) is 0 Å². The summed E-state index contributed by atoms with van der Waals surface area (Å²) in [6.07, 6.45) is -2.24. The van der Waals surface area contributed by atoms with Gasteiger partial charge < -0.3 is 44.5 Å². The average molecular weight is 603 g/mol. The molecule has 4 aliphatic rings. The van der Waals surface area contributed by atoms with Gasteiger partial charge in [-0.1, -0.05) is 6.07 Å². The number of nitrogens with one attached hydrogen (secondary N) is 1. The number of aliphatic hydroxyl groups is 1. The zero-order valence-electron chi connectivity index (χ0n) is 24.1. The van der Waals surface area contributed by atoms with Gasteiger partial charge in [0.15, 0.2) is 23.7 Å². The van der Waals surface area contributed by atoms with Crippen LogP contribution in [-0.4, -0.2) is 99.6 Å². The number of phenolic OH excluding ortho intramolecular Hbond substituents is 1. The highest BCUT2D eigenvalue weighted by Gasteiger charge is 2.72. The second-order valence-electron chi connectivity index (χ2n) is 11.5. The van der Waals surface area contributed by atoms with E-state index in [4.69, 9.17) is 24.1 Å². The van der Waals surface area contributed by atoms with E-state index in [0.717, 1.165) is 12.5 Å². The number of esters is 3. The summed E-state index contributed by atoms with van der Waals surface area (Å²) in [7, 11) is 1.94. The van der Waals surface area contributed by atoms with Gasteiger partial charge >= 0.3 is 23.9 Å². The summed E-state index contributed by atoms with van der Waals surface area (Å²) in [6.45, 7) is 4.06. The molecule has 2 heterocycles. The van der Waals surface area contributed by atoms with Gasteiger partial charge in [0.1, 0.15) is 11.8 Å². The maximum Gasteiger partial charge on any atom is 0.348 e. The van der Waals surface area contributed by atoms with Crippen LogP contribution in [0.2, 0.25) is 0 Å². The number of likely N-dealkylation sites (tertiary alicyclic amines) is 1. The molecule has 2 aliphatic carbocycles. The maximum atomic E-state index is 13.2. The number of aliphatic carboxylic acids is 1. The molecule has 43 heavy (non-hydrogen) atoms. The molecule has 0 unspecified atom stereocenters. The topological polar surface area (TPSA) is 198 Å². The van der Waals surface area contributed by atoms with E-state index >= 15 is 0 Å². The van der Waals surface area contributed by atoms with E-state index in [1.807, 2.05) is 13.1 Å². The lowest BCUT2D eigenvalue weighted by Gasteiger charge is -2.61. The smallest absolute Gasteiger partial charge is 0.348 e. The van der Waals surface area contributed by atoms with Gasteiger partial charge in [-0.3, -0.25) is 19.2 Å². The number of rotatable bonds is 9. The zero-order valence-corrected chi connectivity index (χ0v) is 24.1. The molecule has 0 saturated carbocycles. The van der Waals surface area contributed by atoms with E-state index in [2.05, 4.69) is 10.2 Å². The summed E-state index contributed by atoms with van der Waals surface area (Å²) in [5.74, 6) is -5.07. The Hall–Kier alpha value is -4.17. The number of hydrogen-bond donors (Lipinski definition) is 4. The summed E-state index contributed by atoms with van der Waals surface area (Å²) in [5, 5.41) is 34.0. The lowest BCUT2D eigenvalue weighted by molar-refractivity contribution is -0.177. The summed E-state index contributed by atoms with van der Waals surface area (Å²) >= 11 is 0. The van der Waals surface area contributed by atoms with Crippen LogP contribution in [0.5, 0.6) is 11.5 Å². The molecule has 0 aromatic heterocycles. The molecule has 2 aliphatic heterocycles. The maximum absolute atomic E-state index is 13.2. The first-order valence-electron chi connectivity index (χ1n) is 14.0. The molecule has 0 radical (unpaired) electrons. The summed E-state index contributed by atoms with van der Waals surface area (Å²) in [6, 6.07) is 1.86. The first-order valence-corrected chi connectivity index (χ1v) is 14.0. The molecule has 1 saturated heterocycles. The van der Waals surface area contributed by atoms with Crippen molar-refractivity contribution >= 4 is 29.8 Å². The molecule has 232 valence electrons. The standard InChI is InChI=1S/C29H34N2O12/c1-13(26(36)37)30-25(35)14(2)40-27(38)19(41-15(3)32)12-21(34)42-18-7-8-29(39)20-11-16-5-6-17(33)23-22(16)28(29,24(18)43-23)9-10-31(20)4/h5-7,13-14,19-20,24,33,39H,8-12H2,1-4H3,(H,30,35)(H,36,37)/t13-,14-,19-,20-,24-,28-,29+/m0/s1. The SMILES string of the molecule is CC(=O)O[C@@H](CC(=O)OC1=CC[C@@]2(O)[C@@H]3Cc4ccc(O)c5c4[C@@]2(CCN3C)[C@H]1O5)C(=O)O[C@@H](C)C(=O)N[C@@H](C)C(=O)O. The van der Waals surface area contributed by atoms with Crippen molar-refractivity contribution in [2.75, 3.05) is 13.6 Å². The van der Waals surface area contributed by atoms with Crippen LogP contribution in [0.15, 0.2) is 24.0 Å². The Bertz CT molecular complexity index is 1420. The number of ether oxygens (including phenoxy) is 4. The van der Waals surface area contributed by atoms with Crippen LogP contribution in [0, 0.1) is 0 Å². The minimum Gasteiger partial charge on any atom is -0.504 e. The number of amides is 1. The molecule has 4 N–H and O–H groups in total. The number of carbonyl (C=O) groups is 5. The van der Waals surface area contributed by atoms with Gasteiger partial charge in [0, 0.05) is 24.9 Å². The number of nitrogens with zero attached hydrogens (tertiary/aromatic N) is 1. The predicted octanol–water partition coefficient (Wildman–Crippen LogP) is 0.0559. The first kappa shape index (κ1) is 30.3. The number of carbonyl (C=O) groups excluding carboxylic acids is 4. The van der Waals surface area contributed by atoms with Gasteiger partial charge in [-0.05, 0) is 58.0 Å². The van der Waals surface area contributed by atoms with Gasteiger partial charge in [0.2, 0.25) is 6.10 Å². The van der Waals surface area contributed by atoms with Crippen molar-refractivity contribution in [3.63, 3.8) is 0 Å². The second kappa shape index (κ2) is 10.8. The van der Waals surface area contributed by atoms with Crippen molar-refractivity contribution in [3.8, 4) is 11.5 Å². The van der Waals surface area contributed by atoms with Crippen LogP contribution < -0.4 is 10.1 Å². The molecule has 1 spiro atoms. The molecule has 5 rings (SSSR count). The van der Waals surface area contributed by atoms with Crippen molar-refractivity contribution in [2.45, 2.75) is 87.9 Å². The largest absolute Gasteiger partial charge is 0.504 e. The minimum atomic E-state index is -1.77. The van der Waals surface area contributed by atoms with E-state index in [1.165, 1.54) is 19.9 Å². The summed E-state index contributed by atoms with van der Waals surface area (Å²) in [4.78, 5) is 63.0. The fourth-order valence-corrected chi connectivity index (χ4v) is 6.83.